The highest BCUT2D eigenvalue weighted by Crippen LogP contribution is 2.27. The van der Waals surface area contributed by atoms with E-state index >= 15 is 0 Å². The van der Waals surface area contributed by atoms with Crippen LogP contribution in [0.3, 0.4) is 0 Å². The minimum absolute atomic E-state index is 0.110. The zero-order valence-electron chi connectivity index (χ0n) is 15.0. The van der Waals surface area contributed by atoms with E-state index in [0.717, 1.165) is 18.4 Å². The van der Waals surface area contributed by atoms with Gasteiger partial charge in [0, 0.05) is 29.3 Å². The Morgan fingerprint density at radius 2 is 1.54 bits per heavy atom. The Bertz CT molecular complexity index is 816. The number of nitrogens with one attached hydrogen (secondary N) is 2. The fourth-order valence-corrected chi connectivity index (χ4v) is 4.18. The predicted octanol–water partition coefficient (Wildman–Crippen LogP) is 3.24. The lowest BCUT2D eigenvalue weighted by molar-refractivity contribution is 0.0914. The first kappa shape index (κ1) is 17.0. The third-order valence-electron chi connectivity index (χ3n) is 5.54. The van der Waals surface area contributed by atoms with Crippen LogP contribution in [0.2, 0.25) is 0 Å². The van der Waals surface area contributed by atoms with Gasteiger partial charge < -0.3 is 10.6 Å². The second kappa shape index (κ2) is 7.04. The van der Waals surface area contributed by atoms with E-state index in [2.05, 4.69) is 10.6 Å². The molecule has 2 aliphatic heterocycles. The first-order valence-electron chi connectivity index (χ1n) is 9.37. The molecule has 26 heavy (non-hydrogen) atoms. The third kappa shape index (κ3) is 3.42. The van der Waals surface area contributed by atoms with Gasteiger partial charge in [-0.3, -0.25) is 9.59 Å². The van der Waals surface area contributed by atoms with Crippen LogP contribution in [0.25, 0.3) is 0 Å². The number of aryl methyl sites for hydroxylation is 1. The first-order chi connectivity index (χ1) is 12.6. The van der Waals surface area contributed by atoms with Gasteiger partial charge in [0.05, 0.1) is 5.56 Å². The maximum atomic E-state index is 12.9. The summed E-state index contributed by atoms with van der Waals surface area (Å²) >= 11 is 0. The van der Waals surface area contributed by atoms with Crippen molar-refractivity contribution in [3.63, 3.8) is 0 Å². The number of hydrogen-bond donors (Lipinski definition) is 2. The van der Waals surface area contributed by atoms with Crippen molar-refractivity contribution in [3.05, 3.63) is 70.8 Å². The standard InChI is InChI=1S/C22H24N2O2/c1-14-6-8-15(9-7-14)21(25)19-4-2-3-5-20(19)22(26)24-18-12-16-10-11-17(13-18)23-16/h2-9,16-18,23H,10-13H2,1H3,(H,24,26). The van der Waals surface area contributed by atoms with Crippen molar-refractivity contribution in [2.45, 2.75) is 50.7 Å². The molecule has 2 N–H and O–H groups in total. The molecule has 4 nitrogen and oxygen atoms in total. The fraction of sp³-hybridized carbons (Fsp3) is 0.364. The van der Waals surface area contributed by atoms with Gasteiger partial charge >= 0.3 is 0 Å². The van der Waals surface area contributed by atoms with E-state index in [1.165, 1.54) is 12.8 Å². The van der Waals surface area contributed by atoms with Crippen LogP contribution in [-0.2, 0) is 0 Å². The molecule has 2 unspecified atom stereocenters. The van der Waals surface area contributed by atoms with E-state index < -0.39 is 0 Å². The van der Waals surface area contributed by atoms with Gasteiger partial charge in [-0.15, -0.1) is 0 Å². The molecule has 2 bridgehead atoms. The Morgan fingerprint density at radius 3 is 2.19 bits per heavy atom. The smallest absolute Gasteiger partial charge is 0.252 e. The summed E-state index contributed by atoms with van der Waals surface area (Å²) < 4.78 is 0. The number of benzene rings is 2. The molecule has 2 fully saturated rings. The molecule has 4 rings (SSSR count). The van der Waals surface area contributed by atoms with E-state index in [-0.39, 0.29) is 17.7 Å². The molecular weight excluding hydrogens is 324 g/mol. The molecule has 2 aromatic carbocycles. The molecular formula is C22H24N2O2. The Morgan fingerprint density at radius 1 is 0.923 bits per heavy atom. The highest BCUT2D eigenvalue weighted by molar-refractivity contribution is 6.15. The summed E-state index contributed by atoms with van der Waals surface area (Å²) in [6.07, 6.45) is 4.33. The molecule has 2 aromatic rings. The fourth-order valence-electron chi connectivity index (χ4n) is 4.18. The monoisotopic (exact) mass is 348 g/mol. The van der Waals surface area contributed by atoms with Crippen molar-refractivity contribution in [1.29, 1.82) is 0 Å². The number of hydrogen-bond acceptors (Lipinski definition) is 3. The molecule has 0 saturated carbocycles. The van der Waals surface area contributed by atoms with Gasteiger partial charge in [-0.2, -0.15) is 0 Å². The van der Waals surface area contributed by atoms with Crippen LogP contribution >= 0.6 is 0 Å². The molecule has 2 aliphatic rings. The van der Waals surface area contributed by atoms with Crippen LogP contribution in [0, 0.1) is 6.92 Å². The van der Waals surface area contributed by atoms with E-state index in [1.807, 2.05) is 43.3 Å². The summed E-state index contributed by atoms with van der Waals surface area (Å²) in [4.78, 5) is 25.8. The Balaban J connectivity index is 1.54. The van der Waals surface area contributed by atoms with Gasteiger partial charge in [0.1, 0.15) is 0 Å². The molecule has 2 heterocycles. The lowest BCUT2D eigenvalue weighted by atomic mass is 9.96. The Kier molecular flexibility index (Phi) is 4.60. The molecule has 0 aliphatic carbocycles. The lowest BCUT2D eigenvalue weighted by Crippen LogP contribution is -2.48. The van der Waals surface area contributed by atoms with Crippen LogP contribution in [0.4, 0.5) is 0 Å². The molecule has 2 saturated heterocycles. The second-order valence-corrected chi connectivity index (χ2v) is 7.52. The summed E-state index contributed by atoms with van der Waals surface area (Å²) in [6.45, 7) is 1.99. The number of carbonyl (C=O) groups excluding carboxylic acids is 2. The third-order valence-corrected chi connectivity index (χ3v) is 5.54. The maximum Gasteiger partial charge on any atom is 0.252 e. The molecule has 0 aromatic heterocycles. The minimum Gasteiger partial charge on any atom is -0.349 e. The quantitative estimate of drug-likeness (QED) is 0.834. The summed E-state index contributed by atoms with van der Waals surface area (Å²) in [6, 6.07) is 15.8. The van der Waals surface area contributed by atoms with Crippen LogP contribution in [-0.4, -0.2) is 29.8 Å². The van der Waals surface area contributed by atoms with Crippen LogP contribution < -0.4 is 10.6 Å². The SMILES string of the molecule is Cc1ccc(C(=O)c2ccccc2C(=O)NC2CC3CCC(C2)N3)cc1. The number of ketones is 1. The van der Waals surface area contributed by atoms with Gasteiger partial charge in [0.25, 0.3) is 5.91 Å². The zero-order valence-corrected chi connectivity index (χ0v) is 15.0. The predicted molar refractivity (Wildman–Crippen MR) is 101 cm³/mol. The van der Waals surface area contributed by atoms with E-state index in [9.17, 15) is 9.59 Å². The van der Waals surface area contributed by atoms with Crippen LogP contribution in [0.5, 0.6) is 0 Å². The maximum absolute atomic E-state index is 12.9. The molecule has 0 radical (unpaired) electrons. The normalized spacial score (nSPS) is 24.3. The van der Waals surface area contributed by atoms with Gasteiger partial charge in [-0.1, -0.05) is 48.0 Å². The highest BCUT2D eigenvalue weighted by atomic mass is 16.2. The van der Waals surface area contributed by atoms with Crippen molar-refractivity contribution >= 4 is 11.7 Å². The van der Waals surface area contributed by atoms with Gasteiger partial charge in [-0.05, 0) is 38.7 Å². The molecule has 1 amide bonds. The lowest BCUT2D eigenvalue weighted by Gasteiger charge is -2.29. The van der Waals surface area contributed by atoms with Crippen molar-refractivity contribution in [2.24, 2.45) is 0 Å². The number of piperidine rings is 1. The Hall–Kier alpha value is -2.46. The summed E-state index contributed by atoms with van der Waals surface area (Å²) in [5.41, 5.74) is 2.64. The summed E-state index contributed by atoms with van der Waals surface area (Å²) in [5.74, 6) is -0.256. The average Bonchev–Trinajstić information content (AvgIpc) is 3.00. The highest BCUT2D eigenvalue weighted by Gasteiger charge is 2.34. The zero-order chi connectivity index (χ0) is 18.1. The number of carbonyl (C=O) groups is 2. The Labute approximate surface area is 154 Å². The van der Waals surface area contributed by atoms with Crippen molar-refractivity contribution in [1.82, 2.24) is 10.6 Å². The van der Waals surface area contributed by atoms with Gasteiger partial charge in [-0.25, -0.2) is 0 Å². The summed E-state index contributed by atoms with van der Waals surface area (Å²) in [7, 11) is 0. The van der Waals surface area contributed by atoms with E-state index in [4.69, 9.17) is 0 Å². The van der Waals surface area contributed by atoms with Crippen LogP contribution in [0.1, 0.15) is 57.5 Å². The van der Waals surface area contributed by atoms with Crippen molar-refractivity contribution in [3.8, 4) is 0 Å². The number of fused-ring (bicyclic) bond motifs is 2. The number of rotatable bonds is 4. The second-order valence-electron chi connectivity index (χ2n) is 7.52. The topological polar surface area (TPSA) is 58.2 Å². The number of amides is 1. The molecule has 4 heteroatoms. The van der Waals surface area contributed by atoms with Crippen molar-refractivity contribution < 1.29 is 9.59 Å². The largest absolute Gasteiger partial charge is 0.349 e. The molecule has 134 valence electrons. The molecule has 0 spiro atoms. The van der Waals surface area contributed by atoms with Crippen molar-refractivity contribution in [2.75, 3.05) is 0 Å². The van der Waals surface area contributed by atoms with Crippen LogP contribution in [0.15, 0.2) is 48.5 Å². The summed E-state index contributed by atoms with van der Waals surface area (Å²) in [5, 5.41) is 6.74. The minimum atomic E-state index is -0.146. The van der Waals surface area contributed by atoms with E-state index in [0.29, 0.717) is 28.8 Å². The van der Waals surface area contributed by atoms with E-state index in [1.54, 1.807) is 12.1 Å². The first-order valence-corrected chi connectivity index (χ1v) is 9.37. The average molecular weight is 348 g/mol. The van der Waals surface area contributed by atoms with Gasteiger partial charge in [0.2, 0.25) is 0 Å². The van der Waals surface area contributed by atoms with Gasteiger partial charge in [0.15, 0.2) is 5.78 Å². The molecule has 2 atom stereocenters.